The Balaban J connectivity index is 1.75. The number of aryl methyl sites for hydroxylation is 1. The lowest BCUT2D eigenvalue weighted by Crippen LogP contribution is -2.37. The van der Waals surface area contributed by atoms with E-state index in [1.807, 2.05) is 25.1 Å². The minimum atomic E-state index is -0.403. The number of primary amides is 1. The van der Waals surface area contributed by atoms with E-state index < -0.39 is 6.04 Å². The molecule has 0 bridgehead atoms. The average molecular weight is 384 g/mol. The zero-order valence-corrected chi connectivity index (χ0v) is 16.3. The highest BCUT2D eigenvalue weighted by Crippen LogP contribution is 2.30. The molecular weight excluding hydrogens is 358 g/mol. The molecule has 7 heteroatoms. The second-order valence-corrected chi connectivity index (χ2v) is 7.97. The van der Waals surface area contributed by atoms with Crippen LogP contribution in [0.4, 0.5) is 16.4 Å². The normalized spacial score (nSPS) is 15.7. The first kappa shape index (κ1) is 19.2. The van der Waals surface area contributed by atoms with Crippen LogP contribution in [-0.4, -0.2) is 16.3 Å². The van der Waals surface area contributed by atoms with Crippen LogP contribution in [0.25, 0.3) is 0 Å². The molecule has 3 rings (SSSR count). The number of aromatic nitrogens is 1. The van der Waals surface area contributed by atoms with Crippen LogP contribution in [0.15, 0.2) is 24.3 Å². The van der Waals surface area contributed by atoms with Crippen molar-refractivity contribution in [2.45, 2.75) is 51.5 Å². The molecule has 142 valence electrons. The SMILES string of the molecule is Cc1cc(Nc2cc(NC(CC3CCCCC3)C(N)=O)ccc2C#N)sn1. The number of hydrogen-bond acceptors (Lipinski definition) is 6. The van der Waals surface area contributed by atoms with Crippen molar-refractivity contribution in [3.05, 3.63) is 35.5 Å². The number of rotatable bonds is 7. The number of nitrogens with zero attached hydrogens (tertiary/aromatic N) is 2. The Morgan fingerprint density at radius 2 is 2.15 bits per heavy atom. The molecule has 1 unspecified atom stereocenters. The number of nitrogens with one attached hydrogen (secondary N) is 2. The third-order valence-electron chi connectivity index (χ3n) is 5.00. The summed E-state index contributed by atoms with van der Waals surface area (Å²) in [6.45, 7) is 1.92. The monoisotopic (exact) mass is 383 g/mol. The fourth-order valence-electron chi connectivity index (χ4n) is 3.59. The minimum Gasteiger partial charge on any atom is -0.374 e. The molecule has 0 spiro atoms. The van der Waals surface area contributed by atoms with Gasteiger partial charge in [0.2, 0.25) is 5.91 Å². The molecule has 27 heavy (non-hydrogen) atoms. The van der Waals surface area contributed by atoms with E-state index in [9.17, 15) is 10.1 Å². The van der Waals surface area contributed by atoms with Gasteiger partial charge in [-0.25, -0.2) is 0 Å². The second kappa shape index (κ2) is 8.87. The van der Waals surface area contributed by atoms with Crippen molar-refractivity contribution in [1.29, 1.82) is 5.26 Å². The van der Waals surface area contributed by atoms with Gasteiger partial charge in [0.25, 0.3) is 0 Å². The number of hydrogen-bond donors (Lipinski definition) is 3. The van der Waals surface area contributed by atoms with Crippen molar-refractivity contribution >= 4 is 33.8 Å². The van der Waals surface area contributed by atoms with Gasteiger partial charge in [0.1, 0.15) is 17.1 Å². The van der Waals surface area contributed by atoms with Gasteiger partial charge in [-0.1, -0.05) is 32.1 Å². The molecule has 0 saturated heterocycles. The third-order valence-corrected chi connectivity index (χ3v) is 5.80. The first-order chi connectivity index (χ1) is 13.0. The van der Waals surface area contributed by atoms with Crippen molar-refractivity contribution in [3.63, 3.8) is 0 Å². The van der Waals surface area contributed by atoms with Crippen LogP contribution in [-0.2, 0) is 4.79 Å². The fraction of sp³-hybridized carbons (Fsp3) is 0.450. The largest absolute Gasteiger partial charge is 0.374 e. The summed E-state index contributed by atoms with van der Waals surface area (Å²) in [5.74, 6) is 0.206. The number of nitrogens with two attached hydrogens (primary N) is 1. The fourth-order valence-corrected chi connectivity index (χ4v) is 4.27. The van der Waals surface area contributed by atoms with Crippen molar-refractivity contribution in [1.82, 2.24) is 4.37 Å². The summed E-state index contributed by atoms with van der Waals surface area (Å²) >= 11 is 1.35. The second-order valence-electron chi connectivity index (χ2n) is 7.17. The smallest absolute Gasteiger partial charge is 0.239 e. The molecule has 1 heterocycles. The van der Waals surface area contributed by atoms with Crippen molar-refractivity contribution < 1.29 is 4.79 Å². The van der Waals surface area contributed by atoms with Gasteiger partial charge in [-0.15, -0.1) is 0 Å². The number of carbonyl (C=O) groups is 1. The van der Waals surface area contributed by atoms with E-state index in [2.05, 4.69) is 21.1 Å². The van der Waals surface area contributed by atoms with E-state index in [-0.39, 0.29) is 5.91 Å². The maximum Gasteiger partial charge on any atom is 0.239 e. The zero-order valence-electron chi connectivity index (χ0n) is 15.5. The van der Waals surface area contributed by atoms with E-state index in [1.165, 1.54) is 30.8 Å². The molecule has 2 aromatic rings. The van der Waals surface area contributed by atoms with Crippen molar-refractivity contribution in [3.8, 4) is 6.07 Å². The predicted octanol–water partition coefficient (Wildman–Crippen LogP) is 4.30. The molecule has 0 aliphatic heterocycles. The topological polar surface area (TPSA) is 104 Å². The quantitative estimate of drug-likeness (QED) is 0.661. The molecule has 1 atom stereocenters. The highest BCUT2D eigenvalue weighted by Gasteiger charge is 2.23. The van der Waals surface area contributed by atoms with E-state index in [0.29, 0.717) is 17.2 Å². The van der Waals surface area contributed by atoms with E-state index in [0.717, 1.165) is 35.6 Å². The molecular formula is C20H25N5OS. The Morgan fingerprint density at radius 3 is 2.78 bits per heavy atom. The molecule has 1 aromatic carbocycles. The Labute approximate surface area is 163 Å². The molecule has 1 amide bonds. The molecule has 1 aliphatic carbocycles. The lowest BCUT2D eigenvalue weighted by molar-refractivity contribution is -0.119. The highest BCUT2D eigenvalue weighted by molar-refractivity contribution is 7.10. The number of benzene rings is 1. The van der Waals surface area contributed by atoms with Crippen LogP contribution in [0.3, 0.4) is 0 Å². The van der Waals surface area contributed by atoms with Gasteiger partial charge in [-0.3, -0.25) is 4.79 Å². The first-order valence-electron chi connectivity index (χ1n) is 9.35. The molecule has 6 nitrogen and oxygen atoms in total. The van der Waals surface area contributed by atoms with Crippen LogP contribution in [0, 0.1) is 24.2 Å². The van der Waals surface area contributed by atoms with Crippen molar-refractivity contribution in [2.24, 2.45) is 11.7 Å². The zero-order chi connectivity index (χ0) is 19.2. The van der Waals surface area contributed by atoms with Crippen LogP contribution >= 0.6 is 11.5 Å². The van der Waals surface area contributed by atoms with Gasteiger partial charge in [-0.05, 0) is 55.1 Å². The lowest BCUT2D eigenvalue weighted by atomic mass is 9.84. The van der Waals surface area contributed by atoms with Gasteiger partial charge >= 0.3 is 0 Å². The first-order valence-corrected chi connectivity index (χ1v) is 10.1. The summed E-state index contributed by atoms with van der Waals surface area (Å²) in [6.07, 6.45) is 6.83. The van der Waals surface area contributed by atoms with E-state index in [1.54, 1.807) is 6.07 Å². The number of nitriles is 1. The summed E-state index contributed by atoms with van der Waals surface area (Å²) in [7, 11) is 0. The van der Waals surface area contributed by atoms with E-state index in [4.69, 9.17) is 5.73 Å². The van der Waals surface area contributed by atoms with Crippen LogP contribution < -0.4 is 16.4 Å². The summed E-state index contributed by atoms with van der Waals surface area (Å²) in [6, 6.07) is 9.14. The van der Waals surface area contributed by atoms with Crippen LogP contribution in [0.5, 0.6) is 0 Å². The molecule has 0 radical (unpaired) electrons. The summed E-state index contributed by atoms with van der Waals surface area (Å²) in [5, 5.41) is 16.8. The maximum atomic E-state index is 12.0. The van der Waals surface area contributed by atoms with Gasteiger partial charge < -0.3 is 16.4 Å². The number of carbonyl (C=O) groups excluding carboxylic acids is 1. The van der Waals surface area contributed by atoms with Gasteiger partial charge in [0.15, 0.2) is 0 Å². The number of amides is 1. The molecule has 1 aliphatic rings. The Hall–Kier alpha value is -2.59. The summed E-state index contributed by atoms with van der Waals surface area (Å²) in [4.78, 5) is 12.0. The average Bonchev–Trinajstić information content (AvgIpc) is 3.07. The third kappa shape index (κ3) is 5.20. The van der Waals surface area contributed by atoms with Crippen molar-refractivity contribution in [2.75, 3.05) is 10.6 Å². The van der Waals surface area contributed by atoms with Crippen LogP contribution in [0.2, 0.25) is 0 Å². The molecule has 1 aromatic heterocycles. The standard InChI is InChI=1S/C20H25N5OS/c1-13-9-19(27-25-13)24-17-11-16(8-7-15(17)12-21)23-18(20(22)26)10-14-5-3-2-4-6-14/h7-9,11,14,18,23-24H,2-6,10H2,1H3,(H2,22,26). The molecule has 4 N–H and O–H groups in total. The molecule has 1 saturated carbocycles. The number of anilines is 3. The summed E-state index contributed by atoms with van der Waals surface area (Å²) < 4.78 is 4.25. The van der Waals surface area contributed by atoms with E-state index >= 15 is 0 Å². The van der Waals surface area contributed by atoms with Gasteiger partial charge in [0, 0.05) is 5.69 Å². The van der Waals surface area contributed by atoms with Crippen LogP contribution in [0.1, 0.15) is 49.8 Å². The minimum absolute atomic E-state index is 0.336. The summed E-state index contributed by atoms with van der Waals surface area (Å²) in [5.41, 5.74) is 8.57. The maximum absolute atomic E-state index is 12.0. The van der Waals surface area contributed by atoms with Gasteiger partial charge in [-0.2, -0.15) is 9.64 Å². The predicted molar refractivity (Wildman–Crippen MR) is 109 cm³/mol. The molecule has 1 fully saturated rings. The lowest BCUT2D eigenvalue weighted by Gasteiger charge is -2.26. The highest BCUT2D eigenvalue weighted by atomic mass is 32.1. The Kier molecular flexibility index (Phi) is 6.30. The Bertz CT molecular complexity index is 835. The van der Waals surface area contributed by atoms with Gasteiger partial charge in [0.05, 0.1) is 16.9 Å². The Morgan fingerprint density at radius 1 is 1.37 bits per heavy atom.